The fraction of sp³-hybridized carbons (Fsp3) is 0.657. The van der Waals surface area contributed by atoms with E-state index in [0.717, 1.165) is 38.5 Å². The van der Waals surface area contributed by atoms with Gasteiger partial charge in [-0.25, -0.2) is 4.39 Å². The van der Waals surface area contributed by atoms with Gasteiger partial charge in [0.25, 0.3) is 0 Å². The van der Waals surface area contributed by atoms with Gasteiger partial charge in [-0.05, 0) is 55.5 Å². The third kappa shape index (κ3) is 8.57. The summed E-state index contributed by atoms with van der Waals surface area (Å²) in [5, 5.41) is 22.0. The molecule has 46 heavy (non-hydrogen) atoms. The van der Waals surface area contributed by atoms with E-state index in [4.69, 9.17) is 40.0 Å². The van der Waals surface area contributed by atoms with Gasteiger partial charge >= 0.3 is 0 Å². The summed E-state index contributed by atoms with van der Waals surface area (Å²) in [5.74, 6) is -3.99. The Bertz CT molecular complexity index is 1210. The van der Waals surface area contributed by atoms with Gasteiger partial charge in [0, 0.05) is 43.9 Å². The molecule has 3 rings (SSSR count). The number of benzene rings is 2. The van der Waals surface area contributed by atoms with Gasteiger partial charge in [-0.15, -0.1) is 0 Å². The van der Waals surface area contributed by atoms with Crippen LogP contribution in [0.15, 0.2) is 30.3 Å². The summed E-state index contributed by atoms with van der Waals surface area (Å²) in [7, 11) is 1.45. The van der Waals surface area contributed by atoms with E-state index in [9.17, 15) is 14.6 Å². The van der Waals surface area contributed by atoms with Crippen LogP contribution in [0.4, 0.5) is 8.78 Å². The summed E-state index contributed by atoms with van der Waals surface area (Å²) in [6.45, 7) is 7.92. The third-order valence-electron chi connectivity index (χ3n) is 8.34. The molecule has 2 aromatic rings. The second-order valence-corrected chi connectivity index (χ2v) is 12.0. The summed E-state index contributed by atoms with van der Waals surface area (Å²) in [4.78, 5) is 0. The minimum atomic E-state index is -1.72. The molecule has 2 N–H and O–H groups in total. The number of ether oxygens (including phenoxy) is 6. The fourth-order valence-corrected chi connectivity index (χ4v) is 5.88. The van der Waals surface area contributed by atoms with Crippen molar-refractivity contribution in [1.82, 2.24) is 0 Å². The van der Waals surface area contributed by atoms with E-state index in [2.05, 4.69) is 6.92 Å². The van der Waals surface area contributed by atoms with E-state index in [1.807, 2.05) is 13.8 Å². The molecule has 0 saturated carbocycles. The molecule has 2 aromatic carbocycles. The second kappa shape index (κ2) is 18.6. The molecule has 0 aliphatic carbocycles. The zero-order valence-corrected chi connectivity index (χ0v) is 28.5. The zero-order valence-electron chi connectivity index (χ0n) is 27.8. The average molecular weight is 673 g/mol. The van der Waals surface area contributed by atoms with E-state index in [0.29, 0.717) is 36.0 Å². The molecule has 260 valence electrons. The molecule has 1 aliphatic rings. The van der Waals surface area contributed by atoms with Crippen LogP contribution in [-0.2, 0) is 35.9 Å². The number of unbranched alkanes of at least 4 members (excludes halogenated alkanes) is 3. The minimum absolute atomic E-state index is 0.0483. The average Bonchev–Trinajstić information content (AvgIpc) is 3.06. The Morgan fingerprint density at radius 2 is 1.41 bits per heavy atom. The third-order valence-corrected chi connectivity index (χ3v) is 8.71. The minimum Gasteiger partial charge on any atom is -0.491 e. The molecule has 11 heteroatoms. The Morgan fingerprint density at radius 3 is 1.98 bits per heavy atom. The lowest BCUT2D eigenvalue weighted by Crippen LogP contribution is -2.73. The van der Waals surface area contributed by atoms with Crippen LogP contribution < -0.4 is 4.74 Å². The number of hydrogen-bond acceptors (Lipinski definition) is 8. The highest BCUT2D eigenvalue weighted by molar-refractivity contribution is 6.31. The zero-order chi connectivity index (χ0) is 33.7. The number of aliphatic hydroxyl groups excluding tert-OH is 2. The van der Waals surface area contributed by atoms with E-state index in [1.165, 1.54) is 19.2 Å². The number of rotatable bonds is 20. The summed E-state index contributed by atoms with van der Waals surface area (Å²) >= 11 is 6.62. The normalized spacial score (nSPS) is 22.7. The molecule has 0 spiro atoms. The molecule has 0 amide bonds. The van der Waals surface area contributed by atoms with Crippen LogP contribution >= 0.6 is 11.6 Å². The van der Waals surface area contributed by atoms with E-state index >= 15 is 4.39 Å². The van der Waals surface area contributed by atoms with Gasteiger partial charge < -0.3 is 38.6 Å². The highest BCUT2D eigenvalue weighted by Crippen LogP contribution is 2.47. The monoisotopic (exact) mass is 672 g/mol. The first-order chi connectivity index (χ1) is 22.2. The molecule has 0 radical (unpaired) electrons. The van der Waals surface area contributed by atoms with Crippen LogP contribution in [0.1, 0.15) is 82.9 Å². The van der Waals surface area contributed by atoms with Crippen molar-refractivity contribution in [2.75, 3.05) is 46.8 Å². The quantitative estimate of drug-likeness (QED) is 0.150. The Balaban J connectivity index is 2.18. The van der Waals surface area contributed by atoms with Gasteiger partial charge in [0.05, 0.1) is 19.8 Å². The van der Waals surface area contributed by atoms with Crippen LogP contribution in [0.3, 0.4) is 0 Å². The van der Waals surface area contributed by atoms with Crippen LogP contribution in [0, 0.1) is 11.6 Å². The first-order valence-corrected chi connectivity index (χ1v) is 16.8. The first kappa shape index (κ1) is 38.6. The first-order valence-electron chi connectivity index (χ1n) is 16.4. The molecule has 1 aliphatic heterocycles. The van der Waals surface area contributed by atoms with Crippen LogP contribution in [0.25, 0.3) is 0 Å². The van der Waals surface area contributed by atoms with Crippen molar-refractivity contribution in [3.63, 3.8) is 0 Å². The van der Waals surface area contributed by atoms with Crippen molar-refractivity contribution in [2.45, 2.75) is 102 Å². The molecule has 1 saturated heterocycles. The second-order valence-electron chi connectivity index (χ2n) is 11.6. The van der Waals surface area contributed by atoms with Crippen molar-refractivity contribution in [3.8, 4) is 5.75 Å². The van der Waals surface area contributed by atoms with E-state index in [1.54, 1.807) is 25.1 Å². The molecule has 1 unspecified atom stereocenters. The summed E-state index contributed by atoms with van der Waals surface area (Å²) < 4.78 is 67.4. The highest BCUT2D eigenvalue weighted by atomic mass is 35.5. The van der Waals surface area contributed by atoms with Gasteiger partial charge in [-0.3, -0.25) is 0 Å². The smallest absolute Gasteiger partial charge is 0.225 e. The van der Waals surface area contributed by atoms with Crippen molar-refractivity contribution in [2.24, 2.45) is 0 Å². The number of aliphatic hydroxyl groups is 2. The predicted octanol–water partition coefficient (Wildman–Crippen LogP) is 6.72. The Labute approximate surface area is 277 Å². The largest absolute Gasteiger partial charge is 0.491 e. The van der Waals surface area contributed by atoms with Gasteiger partial charge in [-0.1, -0.05) is 63.8 Å². The molecule has 1 heterocycles. The molecule has 0 aromatic heterocycles. The predicted molar refractivity (Wildman–Crippen MR) is 172 cm³/mol. The Kier molecular flexibility index (Phi) is 15.6. The van der Waals surface area contributed by atoms with Crippen LogP contribution in [-0.4, -0.2) is 80.9 Å². The summed E-state index contributed by atoms with van der Waals surface area (Å²) in [5.41, 5.74) is -0.658. The number of methoxy groups -OCH3 is 1. The number of halogens is 3. The molecule has 0 bridgehead atoms. The maximum absolute atomic E-state index is 15.1. The SMILES string of the molecule is CCCCOC1[C@H](OCCCC)[C@@H](OCCCC)[C@](OC)(c2ccc(Cl)c(Cc3ccc(OCC)c(F)c3F)c2)OC1(CO)CO. The van der Waals surface area contributed by atoms with E-state index < -0.39 is 54.5 Å². The van der Waals surface area contributed by atoms with Gasteiger partial charge in [0.1, 0.15) is 23.9 Å². The van der Waals surface area contributed by atoms with Gasteiger partial charge in [0.15, 0.2) is 11.6 Å². The molecule has 4 atom stereocenters. The Morgan fingerprint density at radius 1 is 0.804 bits per heavy atom. The molecule has 1 fully saturated rings. The summed E-state index contributed by atoms with van der Waals surface area (Å²) in [6.07, 6.45) is 2.24. The maximum Gasteiger partial charge on any atom is 0.225 e. The fourth-order valence-electron chi connectivity index (χ4n) is 5.69. The lowest BCUT2D eigenvalue weighted by atomic mass is 9.80. The van der Waals surface area contributed by atoms with Crippen LogP contribution in [0.2, 0.25) is 5.02 Å². The lowest BCUT2D eigenvalue weighted by Gasteiger charge is -2.56. The van der Waals surface area contributed by atoms with Crippen molar-refractivity contribution in [1.29, 1.82) is 0 Å². The van der Waals surface area contributed by atoms with E-state index in [-0.39, 0.29) is 24.3 Å². The Hall–Kier alpha value is -1.89. The lowest BCUT2D eigenvalue weighted by molar-refractivity contribution is -0.414. The van der Waals surface area contributed by atoms with Crippen molar-refractivity contribution >= 4 is 11.6 Å². The van der Waals surface area contributed by atoms with Gasteiger partial charge in [0.2, 0.25) is 11.6 Å². The summed E-state index contributed by atoms with van der Waals surface area (Å²) in [6, 6.07) is 7.86. The van der Waals surface area contributed by atoms with Gasteiger partial charge in [-0.2, -0.15) is 4.39 Å². The number of hydrogen-bond donors (Lipinski definition) is 2. The van der Waals surface area contributed by atoms with Crippen molar-refractivity contribution < 1.29 is 47.4 Å². The molecular formula is C35H51ClF2O8. The van der Waals surface area contributed by atoms with Crippen LogP contribution in [0.5, 0.6) is 5.75 Å². The molecule has 8 nitrogen and oxygen atoms in total. The topological polar surface area (TPSA) is 95.8 Å². The highest BCUT2D eigenvalue weighted by Gasteiger charge is 2.64. The standard InChI is InChI=1S/C35H51ClF2O8/c1-6-10-17-43-31-32(44-18-11-7-2)34(22-39,23-40)46-35(41-5,33(31)45-19-12-8-3)26-14-15-27(36)25(21-26)20-24-13-16-28(42-9-4)30(38)29(24)37/h13-16,21,31-33,39-40H,6-12,17-20,22-23H2,1-5H3/t31-,32?,33+,35-/m0/s1. The van der Waals surface area contributed by atoms with Crippen molar-refractivity contribution in [3.05, 3.63) is 63.7 Å². The molecular weight excluding hydrogens is 622 g/mol. The maximum atomic E-state index is 15.1.